The molecule has 0 fully saturated rings. The third-order valence-electron chi connectivity index (χ3n) is 2.80. The summed E-state index contributed by atoms with van der Waals surface area (Å²) in [6.45, 7) is 0. The first-order chi connectivity index (χ1) is 9.63. The summed E-state index contributed by atoms with van der Waals surface area (Å²) >= 11 is 3.15. The van der Waals surface area contributed by atoms with Crippen molar-refractivity contribution in [2.24, 2.45) is 0 Å². The van der Waals surface area contributed by atoms with Gasteiger partial charge in [0, 0.05) is 11.1 Å². The fraction of sp³-hybridized carbons (Fsp3) is 0. The van der Waals surface area contributed by atoms with Crippen LogP contribution in [0.2, 0.25) is 0 Å². The smallest absolute Gasteiger partial charge is 0.222 e. The molecule has 0 spiro atoms. The number of anilines is 3. The van der Waals surface area contributed by atoms with Crippen LogP contribution < -0.4 is 11.1 Å². The van der Waals surface area contributed by atoms with Gasteiger partial charge in [0.2, 0.25) is 5.95 Å². The van der Waals surface area contributed by atoms with E-state index in [2.05, 4.69) is 31.2 Å². The molecule has 100 valence electrons. The Labute approximate surface area is 123 Å². The molecule has 0 bridgehead atoms. The molecule has 3 N–H and O–H groups in total. The van der Waals surface area contributed by atoms with Gasteiger partial charge in [-0.1, -0.05) is 12.1 Å². The van der Waals surface area contributed by atoms with Crippen LogP contribution in [0.5, 0.6) is 0 Å². The van der Waals surface area contributed by atoms with Gasteiger partial charge in [-0.25, -0.2) is 9.37 Å². The van der Waals surface area contributed by atoms with Gasteiger partial charge in [-0.15, -0.1) is 0 Å². The highest BCUT2D eigenvalue weighted by Crippen LogP contribution is 2.26. The standard InChI is InChI=1S/C14H10BrFN4/c15-10-7-8(5-6-11(10)16)18-13-9-3-1-2-4-12(9)19-14(17)20-13/h1-7H,(H3,17,18,19,20). The maximum absolute atomic E-state index is 13.2. The Kier molecular flexibility index (Phi) is 3.23. The van der Waals surface area contributed by atoms with E-state index in [1.807, 2.05) is 24.3 Å². The summed E-state index contributed by atoms with van der Waals surface area (Å²) in [5.41, 5.74) is 7.16. The van der Waals surface area contributed by atoms with E-state index in [9.17, 15) is 4.39 Å². The highest BCUT2D eigenvalue weighted by Gasteiger charge is 2.07. The number of nitrogens with two attached hydrogens (primary N) is 1. The molecule has 0 unspecified atom stereocenters. The third-order valence-corrected chi connectivity index (χ3v) is 3.41. The number of aromatic nitrogens is 2. The van der Waals surface area contributed by atoms with Crippen molar-refractivity contribution in [3.8, 4) is 0 Å². The second kappa shape index (κ2) is 5.05. The van der Waals surface area contributed by atoms with Crippen LogP contribution in [-0.2, 0) is 0 Å². The van der Waals surface area contributed by atoms with Gasteiger partial charge >= 0.3 is 0 Å². The largest absolute Gasteiger partial charge is 0.368 e. The van der Waals surface area contributed by atoms with Crippen LogP contribution in [0.15, 0.2) is 46.9 Å². The van der Waals surface area contributed by atoms with Gasteiger partial charge in [0.05, 0.1) is 9.99 Å². The van der Waals surface area contributed by atoms with Crippen molar-refractivity contribution in [3.63, 3.8) is 0 Å². The van der Waals surface area contributed by atoms with Gasteiger partial charge in [-0.3, -0.25) is 0 Å². The minimum atomic E-state index is -0.317. The zero-order valence-electron chi connectivity index (χ0n) is 10.3. The van der Waals surface area contributed by atoms with Crippen LogP contribution in [0.4, 0.5) is 21.8 Å². The molecule has 3 rings (SSSR count). The van der Waals surface area contributed by atoms with Crippen LogP contribution in [0.25, 0.3) is 10.9 Å². The van der Waals surface area contributed by atoms with E-state index in [4.69, 9.17) is 5.73 Å². The number of fused-ring (bicyclic) bond motifs is 1. The van der Waals surface area contributed by atoms with Crippen molar-refractivity contribution in [1.29, 1.82) is 0 Å². The summed E-state index contributed by atoms with van der Waals surface area (Å²) in [7, 11) is 0. The van der Waals surface area contributed by atoms with Crippen LogP contribution in [0, 0.1) is 5.82 Å². The molecular weight excluding hydrogens is 323 g/mol. The van der Waals surface area contributed by atoms with E-state index < -0.39 is 0 Å². The minimum Gasteiger partial charge on any atom is -0.368 e. The Bertz CT molecular complexity index is 791. The topological polar surface area (TPSA) is 63.8 Å². The van der Waals surface area contributed by atoms with Gasteiger partial charge in [-0.05, 0) is 46.3 Å². The number of nitrogens with zero attached hydrogens (tertiary/aromatic N) is 2. The number of para-hydroxylation sites is 1. The molecule has 0 aliphatic heterocycles. The number of hydrogen-bond acceptors (Lipinski definition) is 4. The van der Waals surface area contributed by atoms with Gasteiger partial charge in [0.1, 0.15) is 11.6 Å². The summed E-state index contributed by atoms with van der Waals surface area (Å²) in [6.07, 6.45) is 0. The van der Waals surface area contributed by atoms with E-state index in [1.165, 1.54) is 6.07 Å². The molecule has 3 aromatic rings. The van der Waals surface area contributed by atoms with E-state index in [1.54, 1.807) is 12.1 Å². The predicted octanol–water partition coefficient (Wildman–Crippen LogP) is 3.86. The monoisotopic (exact) mass is 332 g/mol. The van der Waals surface area contributed by atoms with Gasteiger partial charge in [-0.2, -0.15) is 4.98 Å². The fourth-order valence-corrected chi connectivity index (χ4v) is 2.28. The zero-order valence-corrected chi connectivity index (χ0v) is 11.9. The van der Waals surface area contributed by atoms with Crippen molar-refractivity contribution in [3.05, 3.63) is 52.8 Å². The second-order valence-corrected chi connectivity index (χ2v) is 5.06. The van der Waals surface area contributed by atoms with Crippen molar-refractivity contribution < 1.29 is 4.39 Å². The van der Waals surface area contributed by atoms with E-state index in [-0.39, 0.29) is 11.8 Å². The lowest BCUT2D eigenvalue weighted by molar-refractivity contribution is 0.621. The van der Waals surface area contributed by atoms with E-state index in [0.29, 0.717) is 16.0 Å². The Balaban J connectivity index is 2.07. The molecule has 1 aromatic heterocycles. The van der Waals surface area contributed by atoms with Crippen molar-refractivity contribution in [2.45, 2.75) is 0 Å². The first kappa shape index (κ1) is 12.8. The molecule has 0 saturated heterocycles. The molecule has 0 saturated carbocycles. The molecule has 0 radical (unpaired) electrons. The molecule has 0 aliphatic carbocycles. The maximum atomic E-state index is 13.2. The molecule has 1 heterocycles. The van der Waals surface area contributed by atoms with Crippen molar-refractivity contribution >= 4 is 44.3 Å². The Morgan fingerprint density at radius 2 is 1.90 bits per heavy atom. The number of hydrogen-bond donors (Lipinski definition) is 2. The molecule has 0 amide bonds. The summed E-state index contributed by atoms with van der Waals surface area (Å²) < 4.78 is 13.6. The predicted molar refractivity (Wildman–Crippen MR) is 81.3 cm³/mol. The zero-order chi connectivity index (χ0) is 14.1. The molecular formula is C14H10BrFN4. The van der Waals surface area contributed by atoms with Gasteiger partial charge in [0.15, 0.2) is 0 Å². The Morgan fingerprint density at radius 3 is 2.70 bits per heavy atom. The molecule has 0 aliphatic rings. The number of nitrogens with one attached hydrogen (secondary N) is 1. The normalized spacial score (nSPS) is 10.7. The van der Waals surface area contributed by atoms with Crippen LogP contribution in [0.1, 0.15) is 0 Å². The second-order valence-electron chi connectivity index (χ2n) is 4.20. The molecule has 6 heteroatoms. The van der Waals surface area contributed by atoms with Crippen LogP contribution in [-0.4, -0.2) is 9.97 Å². The fourth-order valence-electron chi connectivity index (χ4n) is 1.90. The lowest BCUT2D eigenvalue weighted by Gasteiger charge is -2.09. The van der Waals surface area contributed by atoms with Crippen molar-refractivity contribution in [2.75, 3.05) is 11.1 Å². The minimum absolute atomic E-state index is 0.187. The molecule has 4 nitrogen and oxygen atoms in total. The van der Waals surface area contributed by atoms with Crippen LogP contribution >= 0.6 is 15.9 Å². The molecule has 20 heavy (non-hydrogen) atoms. The maximum Gasteiger partial charge on any atom is 0.222 e. The first-order valence-electron chi connectivity index (χ1n) is 5.88. The number of benzene rings is 2. The first-order valence-corrected chi connectivity index (χ1v) is 6.67. The van der Waals surface area contributed by atoms with E-state index >= 15 is 0 Å². The SMILES string of the molecule is Nc1nc(Nc2ccc(F)c(Br)c2)c2ccccc2n1. The lowest BCUT2D eigenvalue weighted by Crippen LogP contribution is -2.01. The van der Waals surface area contributed by atoms with E-state index in [0.717, 1.165) is 10.9 Å². The molecule has 2 aromatic carbocycles. The summed E-state index contributed by atoms with van der Waals surface area (Å²) in [6, 6.07) is 12.2. The van der Waals surface area contributed by atoms with Crippen LogP contribution in [0.3, 0.4) is 0 Å². The number of nitrogen functional groups attached to an aromatic ring is 1. The van der Waals surface area contributed by atoms with Crippen molar-refractivity contribution in [1.82, 2.24) is 9.97 Å². The Morgan fingerprint density at radius 1 is 1.10 bits per heavy atom. The number of rotatable bonds is 2. The highest BCUT2D eigenvalue weighted by atomic mass is 79.9. The summed E-state index contributed by atoms with van der Waals surface area (Å²) in [5, 5.41) is 3.98. The number of halogens is 2. The third kappa shape index (κ3) is 2.42. The highest BCUT2D eigenvalue weighted by molar-refractivity contribution is 9.10. The van der Waals surface area contributed by atoms with Gasteiger partial charge < -0.3 is 11.1 Å². The Hall–Kier alpha value is -2.21. The average molecular weight is 333 g/mol. The lowest BCUT2D eigenvalue weighted by atomic mass is 10.2. The van der Waals surface area contributed by atoms with Gasteiger partial charge in [0.25, 0.3) is 0 Å². The average Bonchev–Trinajstić information content (AvgIpc) is 2.43. The quantitative estimate of drug-likeness (QED) is 0.748. The molecule has 0 atom stereocenters. The summed E-state index contributed by atoms with van der Waals surface area (Å²) in [5.74, 6) is 0.460. The summed E-state index contributed by atoms with van der Waals surface area (Å²) in [4.78, 5) is 8.36.